The summed E-state index contributed by atoms with van der Waals surface area (Å²) in [5.41, 5.74) is 2.75. The zero-order valence-electron chi connectivity index (χ0n) is 12.2. The third-order valence-electron chi connectivity index (χ3n) is 4.97. The van der Waals surface area contributed by atoms with Gasteiger partial charge in [0.2, 0.25) is 0 Å². The van der Waals surface area contributed by atoms with Gasteiger partial charge in [-0.3, -0.25) is 0 Å². The minimum atomic E-state index is 0.678. The fourth-order valence-electron chi connectivity index (χ4n) is 3.99. The molecule has 1 heterocycles. The van der Waals surface area contributed by atoms with E-state index in [4.69, 9.17) is 0 Å². The molecule has 1 saturated heterocycles. The van der Waals surface area contributed by atoms with Crippen molar-refractivity contribution < 1.29 is 0 Å². The number of nitrogens with zero attached hydrogens (tertiary/aromatic N) is 1. The molecule has 2 heteroatoms. The Morgan fingerprint density at radius 3 is 2.79 bits per heavy atom. The SMILES string of the molecule is Cc1ccccc1N(C)CC1CC2CCCCC2N1. The van der Waals surface area contributed by atoms with E-state index >= 15 is 0 Å². The second kappa shape index (κ2) is 5.54. The summed E-state index contributed by atoms with van der Waals surface area (Å²) in [5.74, 6) is 0.948. The average Bonchev–Trinajstić information content (AvgIpc) is 2.81. The van der Waals surface area contributed by atoms with E-state index in [2.05, 4.69) is 48.5 Å². The van der Waals surface area contributed by atoms with Crippen LogP contribution in [0.3, 0.4) is 0 Å². The Kier molecular flexibility index (Phi) is 3.79. The van der Waals surface area contributed by atoms with Crippen molar-refractivity contribution in [1.82, 2.24) is 5.32 Å². The summed E-state index contributed by atoms with van der Waals surface area (Å²) >= 11 is 0. The molecule has 0 amide bonds. The molecule has 0 bridgehead atoms. The van der Waals surface area contributed by atoms with Gasteiger partial charge in [0.15, 0.2) is 0 Å². The number of hydrogen-bond donors (Lipinski definition) is 1. The van der Waals surface area contributed by atoms with Gasteiger partial charge in [0, 0.05) is 31.4 Å². The second-order valence-electron chi connectivity index (χ2n) is 6.42. The number of nitrogens with one attached hydrogen (secondary N) is 1. The van der Waals surface area contributed by atoms with Crippen molar-refractivity contribution in [3.05, 3.63) is 29.8 Å². The van der Waals surface area contributed by atoms with Gasteiger partial charge in [0.1, 0.15) is 0 Å². The predicted octanol–water partition coefficient (Wildman–Crippen LogP) is 3.35. The van der Waals surface area contributed by atoms with Gasteiger partial charge < -0.3 is 10.2 Å². The Balaban J connectivity index is 1.61. The highest BCUT2D eigenvalue weighted by molar-refractivity contribution is 5.52. The summed E-state index contributed by atoms with van der Waals surface area (Å²) in [5, 5.41) is 3.87. The van der Waals surface area contributed by atoms with Crippen molar-refractivity contribution in [3.8, 4) is 0 Å². The van der Waals surface area contributed by atoms with Crippen molar-refractivity contribution in [3.63, 3.8) is 0 Å². The van der Waals surface area contributed by atoms with Crippen molar-refractivity contribution in [2.24, 2.45) is 5.92 Å². The lowest BCUT2D eigenvalue weighted by atomic mass is 9.85. The van der Waals surface area contributed by atoms with Gasteiger partial charge in [-0.1, -0.05) is 31.0 Å². The lowest BCUT2D eigenvalue weighted by Crippen LogP contribution is -2.39. The molecule has 19 heavy (non-hydrogen) atoms. The maximum atomic E-state index is 3.87. The first kappa shape index (κ1) is 13.0. The van der Waals surface area contributed by atoms with E-state index in [-0.39, 0.29) is 0 Å². The normalized spacial score (nSPS) is 30.1. The molecule has 3 rings (SSSR count). The van der Waals surface area contributed by atoms with Crippen LogP contribution in [0.15, 0.2) is 24.3 Å². The summed E-state index contributed by atoms with van der Waals surface area (Å²) in [6.45, 7) is 3.34. The van der Waals surface area contributed by atoms with Crippen LogP contribution in [-0.4, -0.2) is 25.7 Å². The zero-order valence-corrected chi connectivity index (χ0v) is 12.2. The first-order valence-electron chi connectivity index (χ1n) is 7.77. The Hall–Kier alpha value is -1.02. The number of fused-ring (bicyclic) bond motifs is 1. The van der Waals surface area contributed by atoms with Crippen LogP contribution < -0.4 is 10.2 Å². The van der Waals surface area contributed by atoms with Gasteiger partial charge in [-0.05, 0) is 43.7 Å². The van der Waals surface area contributed by atoms with Crippen LogP contribution in [0.2, 0.25) is 0 Å². The van der Waals surface area contributed by atoms with Gasteiger partial charge in [-0.2, -0.15) is 0 Å². The van der Waals surface area contributed by atoms with Crippen LogP contribution in [0.1, 0.15) is 37.7 Å². The van der Waals surface area contributed by atoms with Gasteiger partial charge in [-0.25, -0.2) is 0 Å². The van der Waals surface area contributed by atoms with Crippen LogP contribution in [0.4, 0.5) is 5.69 Å². The van der Waals surface area contributed by atoms with Gasteiger partial charge in [0.05, 0.1) is 0 Å². The fraction of sp³-hybridized carbons (Fsp3) is 0.647. The summed E-state index contributed by atoms with van der Waals surface area (Å²) < 4.78 is 0. The predicted molar refractivity (Wildman–Crippen MR) is 81.7 cm³/mol. The third-order valence-corrected chi connectivity index (χ3v) is 4.97. The molecule has 1 aromatic carbocycles. The Morgan fingerprint density at radius 1 is 1.21 bits per heavy atom. The maximum Gasteiger partial charge on any atom is 0.0393 e. The number of likely N-dealkylation sites (N-methyl/N-ethyl adjacent to an activating group) is 1. The van der Waals surface area contributed by atoms with E-state index in [9.17, 15) is 0 Å². The topological polar surface area (TPSA) is 15.3 Å². The zero-order chi connectivity index (χ0) is 13.2. The minimum Gasteiger partial charge on any atom is -0.373 e. The quantitative estimate of drug-likeness (QED) is 0.894. The molecule has 2 nitrogen and oxygen atoms in total. The summed E-state index contributed by atoms with van der Waals surface area (Å²) in [7, 11) is 2.23. The molecule has 0 spiro atoms. The van der Waals surface area contributed by atoms with Crippen molar-refractivity contribution >= 4 is 5.69 Å². The summed E-state index contributed by atoms with van der Waals surface area (Å²) in [6, 6.07) is 10.2. The number of anilines is 1. The lowest BCUT2D eigenvalue weighted by molar-refractivity contribution is 0.325. The Morgan fingerprint density at radius 2 is 2.00 bits per heavy atom. The van der Waals surface area contributed by atoms with Gasteiger partial charge in [0.25, 0.3) is 0 Å². The van der Waals surface area contributed by atoms with Gasteiger partial charge in [-0.15, -0.1) is 0 Å². The van der Waals surface area contributed by atoms with E-state index in [1.165, 1.54) is 43.4 Å². The standard InChI is InChI=1S/C17H26N2/c1-13-7-3-6-10-17(13)19(2)12-15-11-14-8-4-5-9-16(14)18-15/h3,6-7,10,14-16,18H,4-5,8-9,11-12H2,1-2H3. The van der Waals surface area contributed by atoms with Crippen molar-refractivity contribution in [2.45, 2.75) is 51.1 Å². The number of para-hydroxylation sites is 1. The number of aryl methyl sites for hydroxylation is 1. The van der Waals surface area contributed by atoms with Crippen LogP contribution >= 0.6 is 0 Å². The number of benzene rings is 1. The molecule has 1 aliphatic heterocycles. The molecule has 3 atom stereocenters. The fourth-order valence-corrected chi connectivity index (χ4v) is 3.99. The van der Waals surface area contributed by atoms with Gasteiger partial charge >= 0.3 is 0 Å². The first-order valence-corrected chi connectivity index (χ1v) is 7.77. The lowest BCUT2D eigenvalue weighted by Gasteiger charge is -2.26. The molecular formula is C17H26N2. The van der Waals surface area contributed by atoms with Crippen LogP contribution in [0, 0.1) is 12.8 Å². The number of hydrogen-bond acceptors (Lipinski definition) is 2. The number of rotatable bonds is 3. The second-order valence-corrected chi connectivity index (χ2v) is 6.42. The monoisotopic (exact) mass is 258 g/mol. The molecule has 1 saturated carbocycles. The molecule has 0 radical (unpaired) electrons. The highest BCUT2D eigenvalue weighted by Gasteiger charge is 2.35. The average molecular weight is 258 g/mol. The van der Waals surface area contributed by atoms with E-state index in [0.29, 0.717) is 6.04 Å². The summed E-state index contributed by atoms with van der Waals surface area (Å²) in [6.07, 6.45) is 7.09. The summed E-state index contributed by atoms with van der Waals surface area (Å²) in [4.78, 5) is 2.42. The maximum absolute atomic E-state index is 3.87. The van der Waals surface area contributed by atoms with Crippen LogP contribution in [-0.2, 0) is 0 Å². The third kappa shape index (κ3) is 2.79. The highest BCUT2D eigenvalue weighted by atomic mass is 15.1. The molecular weight excluding hydrogens is 232 g/mol. The van der Waals surface area contributed by atoms with Crippen LogP contribution in [0.5, 0.6) is 0 Å². The highest BCUT2D eigenvalue weighted by Crippen LogP contribution is 2.33. The van der Waals surface area contributed by atoms with Crippen LogP contribution in [0.25, 0.3) is 0 Å². The molecule has 0 aromatic heterocycles. The Bertz CT molecular complexity index is 415. The van der Waals surface area contributed by atoms with E-state index in [0.717, 1.165) is 18.5 Å². The Labute approximate surface area is 117 Å². The molecule has 1 N–H and O–H groups in total. The van der Waals surface area contributed by atoms with E-state index in [1.807, 2.05) is 0 Å². The van der Waals surface area contributed by atoms with E-state index < -0.39 is 0 Å². The smallest absolute Gasteiger partial charge is 0.0393 e. The molecule has 104 valence electrons. The van der Waals surface area contributed by atoms with Crippen molar-refractivity contribution in [1.29, 1.82) is 0 Å². The van der Waals surface area contributed by atoms with Crippen molar-refractivity contribution in [2.75, 3.05) is 18.5 Å². The minimum absolute atomic E-state index is 0.678. The molecule has 1 aliphatic carbocycles. The first-order chi connectivity index (χ1) is 9.24. The largest absolute Gasteiger partial charge is 0.373 e. The molecule has 3 unspecified atom stereocenters. The molecule has 2 fully saturated rings. The molecule has 1 aromatic rings. The van der Waals surface area contributed by atoms with E-state index in [1.54, 1.807) is 0 Å². The molecule has 2 aliphatic rings.